The monoisotopic (exact) mass is 303 g/mol. The molecule has 2 aromatic rings. The Labute approximate surface area is 127 Å². The molecule has 0 aliphatic heterocycles. The van der Waals surface area contributed by atoms with Gasteiger partial charge < -0.3 is 15.6 Å². The zero-order valence-electron chi connectivity index (χ0n) is 11.4. The van der Waals surface area contributed by atoms with Crippen LogP contribution < -0.4 is 10.5 Å². The summed E-state index contributed by atoms with van der Waals surface area (Å²) in [6, 6.07) is 16.5. The van der Waals surface area contributed by atoms with Crippen molar-refractivity contribution in [2.24, 2.45) is 5.73 Å². The fraction of sp³-hybridized carbons (Fsp3) is 0.188. The Bertz CT molecular complexity index is 572. The SMILES string of the molecule is N[C@@H](CSCc1ccc(Oc2ccccc2)cc1)C(=O)O. The fourth-order valence-corrected chi connectivity index (χ4v) is 2.60. The summed E-state index contributed by atoms with van der Waals surface area (Å²) in [4.78, 5) is 10.6. The Balaban J connectivity index is 1.83. The minimum absolute atomic E-state index is 0.400. The lowest BCUT2D eigenvalue weighted by molar-refractivity contribution is -0.137. The number of hydrogen-bond donors (Lipinski definition) is 2. The van der Waals surface area contributed by atoms with Crippen LogP contribution in [0.2, 0.25) is 0 Å². The molecule has 21 heavy (non-hydrogen) atoms. The Kier molecular flexibility index (Phi) is 5.66. The second-order valence-corrected chi connectivity index (χ2v) is 5.55. The quantitative estimate of drug-likeness (QED) is 0.822. The molecule has 0 saturated carbocycles. The van der Waals surface area contributed by atoms with Crippen LogP contribution in [0.25, 0.3) is 0 Å². The minimum Gasteiger partial charge on any atom is -0.480 e. The van der Waals surface area contributed by atoms with E-state index in [0.717, 1.165) is 22.8 Å². The van der Waals surface area contributed by atoms with E-state index in [0.29, 0.717) is 5.75 Å². The lowest BCUT2D eigenvalue weighted by atomic mass is 10.2. The molecule has 2 rings (SSSR count). The summed E-state index contributed by atoms with van der Waals surface area (Å²) in [5, 5.41) is 8.70. The molecule has 4 nitrogen and oxygen atoms in total. The average molecular weight is 303 g/mol. The van der Waals surface area contributed by atoms with E-state index < -0.39 is 12.0 Å². The molecule has 0 aliphatic carbocycles. The summed E-state index contributed by atoms with van der Waals surface area (Å²) in [6.45, 7) is 0. The van der Waals surface area contributed by atoms with Gasteiger partial charge in [0, 0.05) is 11.5 Å². The molecule has 0 heterocycles. The van der Waals surface area contributed by atoms with Crippen molar-refractivity contribution in [3.8, 4) is 11.5 Å². The van der Waals surface area contributed by atoms with E-state index >= 15 is 0 Å². The number of hydrogen-bond acceptors (Lipinski definition) is 4. The van der Waals surface area contributed by atoms with Crippen LogP contribution in [0.1, 0.15) is 5.56 Å². The van der Waals surface area contributed by atoms with Crippen molar-refractivity contribution in [2.45, 2.75) is 11.8 Å². The lowest BCUT2D eigenvalue weighted by Gasteiger charge is -2.08. The van der Waals surface area contributed by atoms with E-state index in [-0.39, 0.29) is 0 Å². The van der Waals surface area contributed by atoms with E-state index in [4.69, 9.17) is 15.6 Å². The zero-order chi connectivity index (χ0) is 15.1. The van der Waals surface area contributed by atoms with Crippen LogP contribution in [0.5, 0.6) is 11.5 Å². The van der Waals surface area contributed by atoms with E-state index in [9.17, 15) is 4.79 Å². The molecule has 0 unspecified atom stereocenters. The van der Waals surface area contributed by atoms with E-state index in [1.54, 1.807) is 0 Å². The molecule has 0 spiro atoms. The molecular formula is C16H17NO3S. The van der Waals surface area contributed by atoms with Crippen molar-refractivity contribution in [3.05, 3.63) is 60.2 Å². The summed E-state index contributed by atoms with van der Waals surface area (Å²) in [6.07, 6.45) is 0. The van der Waals surface area contributed by atoms with Gasteiger partial charge in [0.05, 0.1) is 0 Å². The van der Waals surface area contributed by atoms with Crippen LogP contribution in [-0.2, 0) is 10.5 Å². The fourth-order valence-electron chi connectivity index (χ4n) is 1.65. The first-order valence-electron chi connectivity index (χ1n) is 6.53. The number of carbonyl (C=O) groups is 1. The maximum absolute atomic E-state index is 10.6. The van der Waals surface area contributed by atoms with Gasteiger partial charge in [-0.25, -0.2) is 0 Å². The standard InChI is InChI=1S/C16H17NO3S/c17-15(16(18)19)11-21-10-12-6-8-14(9-7-12)20-13-4-2-1-3-5-13/h1-9,15H,10-11,17H2,(H,18,19)/t15-/m0/s1. The van der Waals surface area contributed by atoms with Gasteiger partial charge in [0.25, 0.3) is 0 Å². The molecule has 5 heteroatoms. The number of aliphatic carboxylic acids is 1. The van der Waals surface area contributed by atoms with E-state index in [1.807, 2.05) is 54.6 Å². The molecule has 1 atom stereocenters. The number of thioether (sulfide) groups is 1. The highest BCUT2D eigenvalue weighted by atomic mass is 32.2. The third-order valence-electron chi connectivity index (χ3n) is 2.79. The molecule has 0 bridgehead atoms. The topological polar surface area (TPSA) is 72.5 Å². The van der Waals surface area contributed by atoms with Crippen molar-refractivity contribution in [1.82, 2.24) is 0 Å². The summed E-state index contributed by atoms with van der Waals surface area (Å²) in [5.74, 6) is 1.74. The number of benzene rings is 2. The van der Waals surface area contributed by atoms with Gasteiger partial charge in [-0.15, -0.1) is 0 Å². The van der Waals surface area contributed by atoms with Gasteiger partial charge in [-0.2, -0.15) is 11.8 Å². The van der Waals surface area contributed by atoms with Crippen molar-refractivity contribution >= 4 is 17.7 Å². The van der Waals surface area contributed by atoms with Gasteiger partial charge in [-0.1, -0.05) is 30.3 Å². The first kappa shape index (κ1) is 15.4. The number of carboxylic acids is 1. The number of para-hydroxylation sites is 1. The van der Waals surface area contributed by atoms with Gasteiger partial charge in [0.1, 0.15) is 17.5 Å². The largest absolute Gasteiger partial charge is 0.480 e. The predicted octanol–water partition coefficient (Wildman–Crippen LogP) is 3.12. The zero-order valence-corrected chi connectivity index (χ0v) is 12.3. The van der Waals surface area contributed by atoms with Crippen LogP contribution in [0.15, 0.2) is 54.6 Å². The van der Waals surface area contributed by atoms with Crippen LogP contribution in [-0.4, -0.2) is 22.9 Å². The first-order chi connectivity index (χ1) is 10.1. The summed E-state index contributed by atoms with van der Waals surface area (Å²) >= 11 is 1.51. The Morgan fingerprint density at radius 2 is 1.71 bits per heavy atom. The molecule has 0 aliphatic rings. The normalized spacial score (nSPS) is 11.9. The number of nitrogens with two attached hydrogens (primary N) is 1. The van der Waals surface area contributed by atoms with Crippen molar-refractivity contribution in [1.29, 1.82) is 0 Å². The van der Waals surface area contributed by atoms with Crippen LogP contribution >= 0.6 is 11.8 Å². The highest BCUT2D eigenvalue weighted by Crippen LogP contribution is 2.22. The third kappa shape index (κ3) is 5.13. The van der Waals surface area contributed by atoms with Crippen molar-refractivity contribution in [2.75, 3.05) is 5.75 Å². The van der Waals surface area contributed by atoms with Gasteiger partial charge >= 0.3 is 5.97 Å². The van der Waals surface area contributed by atoms with Gasteiger partial charge in [-0.3, -0.25) is 4.79 Å². The van der Waals surface area contributed by atoms with E-state index in [2.05, 4.69) is 0 Å². The maximum Gasteiger partial charge on any atom is 0.321 e. The summed E-state index contributed by atoms with van der Waals surface area (Å²) in [7, 11) is 0. The maximum atomic E-state index is 10.6. The number of rotatable bonds is 7. The lowest BCUT2D eigenvalue weighted by Crippen LogP contribution is -2.32. The smallest absolute Gasteiger partial charge is 0.321 e. The number of carboxylic acid groups (broad SMARTS) is 1. The second kappa shape index (κ2) is 7.71. The first-order valence-corrected chi connectivity index (χ1v) is 7.68. The van der Waals surface area contributed by atoms with Crippen LogP contribution in [0.4, 0.5) is 0 Å². The molecule has 3 N–H and O–H groups in total. The molecule has 0 amide bonds. The highest BCUT2D eigenvalue weighted by molar-refractivity contribution is 7.98. The van der Waals surface area contributed by atoms with Gasteiger partial charge in [-0.05, 0) is 29.8 Å². The summed E-state index contributed by atoms with van der Waals surface area (Å²) < 4.78 is 5.70. The molecule has 110 valence electrons. The molecule has 2 aromatic carbocycles. The molecule has 0 radical (unpaired) electrons. The minimum atomic E-state index is -0.964. The Hall–Kier alpha value is -1.98. The Morgan fingerprint density at radius 1 is 1.10 bits per heavy atom. The second-order valence-electron chi connectivity index (χ2n) is 4.52. The van der Waals surface area contributed by atoms with Crippen LogP contribution in [0.3, 0.4) is 0 Å². The van der Waals surface area contributed by atoms with E-state index in [1.165, 1.54) is 11.8 Å². The number of ether oxygens (including phenoxy) is 1. The van der Waals surface area contributed by atoms with Crippen LogP contribution in [0, 0.1) is 0 Å². The van der Waals surface area contributed by atoms with Gasteiger partial charge in [0.15, 0.2) is 0 Å². The molecule has 0 aromatic heterocycles. The van der Waals surface area contributed by atoms with Crippen molar-refractivity contribution in [3.63, 3.8) is 0 Å². The highest BCUT2D eigenvalue weighted by Gasteiger charge is 2.10. The van der Waals surface area contributed by atoms with Gasteiger partial charge in [0.2, 0.25) is 0 Å². The summed E-state index contributed by atoms with van der Waals surface area (Å²) in [5.41, 5.74) is 6.56. The molecule has 0 fully saturated rings. The third-order valence-corrected chi connectivity index (χ3v) is 3.92. The predicted molar refractivity (Wildman–Crippen MR) is 84.7 cm³/mol. The Morgan fingerprint density at radius 3 is 2.33 bits per heavy atom. The molecule has 0 saturated heterocycles. The average Bonchev–Trinajstić information content (AvgIpc) is 2.50. The van der Waals surface area contributed by atoms with Crippen molar-refractivity contribution < 1.29 is 14.6 Å². The molecular weight excluding hydrogens is 286 g/mol.